The summed E-state index contributed by atoms with van der Waals surface area (Å²) in [6.07, 6.45) is 3.16. The molecule has 3 saturated carbocycles. The molecule has 3 N–H and O–H groups in total. The molecule has 0 radical (unpaired) electrons. The van der Waals surface area contributed by atoms with E-state index in [1.807, 2.05) is 24.3 Å². The summed E-state index contributed by atoms with van der Waals surface area (Å²) in [5.41, 5.74) is 0.751. The first-order chi connectivity index (χ1) is 10.4. The van der Waals surface area contributed by atoms with Crippen LogP contribution in [0.25, 0.3) is 0 Å². The van der Waals surface area contributed by atoms with Gasteiger partial charge in [0.15, 0.2) is 0 Å². The van der Waals surface area contributed by atoms with E-state index in [0.717, 1.165) is 18.5 Å². The van der Waals surface area contributed by atoms with Crippen LogP contribution in [0.3, 0.4) is 0 Å². The second-order valence-electron chi connectivity index (χ2n) is 7.29. The smallest absolute Gasteiger partial charge is 0.307 e. The number of hydrogen-bond donors (Lipinski definition) is 3. The van der Waals surface area contributed by atoms with Gasteiger partial charge < -0.3 is 15.7 Å². The molecule has 5 rings (SSSR count). The third kappa shape index (κ3) is 1.71. The highest BCUT2D eigenvalue weighted by Gasteiger charge is 2.60. The first kappa shape index (κ1) is 13.6. The molecule has 1 aromatic rings. The summed E-state index contributed by atoms with van der Waals surface area (Å²) in [6, 6.07) is 7.51. The van der Waals surface area contributed by atoms with Gasteiger partial charge in [-0.1, -0.05) is 19.1 Å². The summed E-state index contributed by atoms with van der Waals surface area (Å²) in [5, 5.41) is 16.2. The fourth-order valence-corrected chi connectivity index (χ4v) is 4.83. The maximum atomic E-state index is 12.5. The number of fused-ring (bicyclic) bond motifs is 3. The quantitative estimate of drug-likeness (QED) is 0.744. The van der Waals surface area contributed by atoms with Crippen molar-refractivity contribution < 1.29 is 14.7 Å². The number of carbonyl (C=O) groups excluding carboxylic acids is 1. The number of para-hydroxylation sites is 1. The lowest BCUT2D eigenvalue weighted by Gasteiger charge is -2.60. The van der Waals surface area contributed by atoms with Crippen LogP contribution in [-0.4, -0.2) is 22.6 Å². The van der Waals surface area contributed by atoms with Crippen LogP contribution < -0.4 is 10.6 Å². The van der Waals surface area contributed by atoms with Gasteiger partial charge in [-0.3, -0.25) is 9.59 Å². The second kappa shape index (κ2) is 4.24. The van der Waals surface area contributed by atoms with Gasteiger partial charge in [0.1, 0.15) is 5.66 Å². The van der Waals surface area contributed by atoms with Gasteiger partial charge >= 0.3 is 5.97 Å². The molecular formula is C17H20N2O3. The number of anilines is 1. The van der Waals surface area contributed by atoms with Gasteiger partial charge in [-0.25, -0.2) is 0 Å². The van der Waals surface area contributed by atoms with Crippen LogP contribution in [0, 0.1) is 17.3 Å². The van der Waals surface area contributed by atoms with Crippen molar-refractivity contribution in [3.8, 4) is 0 Å². The molecule has 22 heavy (non-hydrogen) atoms. The fourth-order valence-electron chi connectivity index (χ4n) is 4.83. The van der Waals surface area contributed by atoms with Crippen molar-refractivity contribution in [2.24, 2.45) is 17.3 Å². The highest BCUT2D eigenvalue weighted by molar-refractivity contribution is 6.02. The van der Waals surface area contributed by atoms with Gasteiger partial charge in [0.25, 0.3) is 5.91 Å². The Balaban J connectivity index is 1.73. The standard InChI is InChI=1S/C17H20N2O3/c1-16-7-6-10(8-12(16)15(21)22)17(9-16)18-13-5-3-2-4-11(13)14(20)19-17/h2-5,10,12,18H,6-9H2,1H3,(H,19,20)(H,21,22)/t10-,12-,16+,17+/m1/s1. The largest absolute Gasteiger partial charge is 0.481 e. The summed E-state index contributed by atoms with van der Waals surface area (Å²) in [4.78, 5) is 24.1. The molecule has 0 unspecified atom stereocenters. The van der Waals surface area contributed by atoms with E-state index in [4.69, 9.17) is 0 Å². The molecule has 2 bridgehead atoms. The van der Waals surface area contributed by atoms with Gasteiger partial charge in [-0.05, 0) is 43.2 Å². The average molecular weight is 300 g/mol. The lowest BCUT2D eigenvalue weighted by Crippen LogP contribution is -2.69. The third-order valence-corrected chi connectivity index (χ3v) is 5.97. The van der Waals surface area contributed by atoms with Gasteiger partial charge in [0, 0.05) is 11.6 Å². The van der Waals surface area contributed by atoms with Crippen molar-refractivity contribution >= 4 is 17.6 Å². The number of aliphatic carboxylic acids is 1. The molecule has 0 saturated heterocycles. The topological polar surface area (TPSA) is 78.4 Å². The van der Waals surface area contributed by atoms with Crippen molar-refractivity contribution in [2.45, 2.75) is 38.3 Å². The summed E-state index contributed by atoms with van der Waals surface area (Å²) >= 11 is 0. The van der Waals surface area contributed by atoms with E-state index in [0.29, 0.717) is 18.4 Å². The molecule has 3 fully saturated rings. The van der Waals surface area contributed by atoms with Gasteiger partial charge in [-0.2, -0.15) is 0 Å². The van der Waals surface area contributed by atoms with Crippen LogP contribution >= 0.6 is 0 Å². The molecule has 1 spiro atoms. The van der Waals surface area contributed by atoms with E-state index < -0.39 is 11.6 Å². The SMILES string of the molecule is C[C@@]12CC[C@H](C[C@@H]1C(=O)O)[C@]1(C2)NC(=O)c2ccccc2N1. The Morgan fingerprint density at radius 2 is 2.09 bits per heavy atom. The first-order valence-electron chi connectivity index (χ1n) is 7.86. The first-order valence-corrected chi connectivity index (χ1v) is 7.86. The van der Waals surface area contributed by atoms with Crippen LogP contribution in [0.2, 0.25) is 0 Å². The molecule has 0 aromatic heterocycles. The number of carboxylic acids is 1. The lowest BCUT2D eigenvalue weighted by atomic mass is 9.51. The third-order valence-electron chi connectivity index (χ3n) is 5.97. The lowest BCUT2D eigenvalue weighted by molar-refractivity contribution is -0.156. The van der Waals surface area contributed by atoms with Crippen LogP contribution in [0.1, 0.15) is 43.0 Å². The fraction of sp³-hybridized carbons (Fsp3) is 0.529. The summed E-state index contributed by atoms with van der Waals surface area (Å²) < 4.78 is 0. The monoisotopic (exact) mass is 300 g/mol. The predicted molar refractivity (Wildman–Crippen MR) is 81.5 cm³/mol. The minimum absolute atomic E-state index is 0.0580. The molecule has 1 heterocycles. The van der Waals surface area contributed by atoms with Crippen LogP contribution in [0.15, 0.2) is 24.3 Å². The van der Waals surface area contributed by atoms with E-state index >= 15 is 0 Å². The highest BCUT2D eigenvalue weighted by atomic mass is 16.4. The van der Waals surface area contributed by atoms with Gasteiger partial charge in [0.05, 0.1) is 11.5 Å². The zero-order valence-electron chi connectivity index (χ0n) is 12.6. The molecule has 4 atom stereocenters. The zero-order valence-corrected chi connectivity index (χ0v) is 12.6. The van der Waals surface area contributed by atoms with Crippen molar-refractivity contribution in [1.82, 2.24) is 5.32 Å². The number of amides is 1. The number of carboxylic acid groups (broad SMARTS) is 1. The molecule has 1 amide bonds. The molecule has 1 aliphatic heterocycles. The number of benzene rings is 1. The van der Waals surface area contributed by atoms with Crippen LogP contribution in [-0.2, 0) is 4.79 Å². The summed E-state index contributed by atoms with van der Waals surface area (Å²) in [6.45, 7) is 2.05. The number of hydrogen-bond acceptors (Lipinski definition) is 3. The number of carbonyl (C=O) groups is 2. The Kier molecular flexibility index (Phi) is 2.63. The average Bonchev–Trinajstić information content (AvgIpc) is 2.46. The van der Waals surface area contributed by atoms with Gasteiger partial charge in [0.2, 0.25) is 0 Å². The molecule has 1 aromatic carbocycles. The highest BCUT2D eigenvalue weighted by Crippen LogP contribution is 2.58. The Bertz CT molecular complexity index is 674. The Morgan fingerprint density at radius 1 is 1.32 bits per heavy atom. The van der Waals surface area contributed by atoms with E-state index in [1.54, 1.807) is 0 Å². The van der Waals surface area contributed by atoms with E-state index in [9.17, 15) is 14.7 Å². The van der Waals surface area contributed by atoms with Crippen LogP contribution in [0.5, 0.6) is 0 Å². The maximum Gasteiger partial charge on any atom is 0.307 e. The molecule has 4 aliphatic rings. The molecule has 116 valence electrons. The second-order valence-corrected chi connectivity index (χ2v) is 7.29. The van der Waals surface area contributed by atoms with Crippen molar-refractivity contribution in [1.29, 1.82) is 0 Å². The minimum atomic E-state index is -0.704. The van der Waals surface area contributed by atoms with Gasteiger partial charge in [-0.15, -0.1) is 0 Å². The Hall–Kier alpha value is -2.04. The maximum absolute atomic E-state index is 12.5. The Morgan fingerprint density at radius 3 is 2.82 bits per heavy atom. The number of nitrogens with one attached hydrogen (secondary N) is 2. The van der Waals surface area contributed by atoms with E-state index in [-0.39, 0.29) is 23.2 Å². The summed E-state index contributed by atoms with van der Waals surface area (Å²) in [7, 11) is 0. The molecular weight excluding hydrogens is 280 g/mol. The molecule has 3 aliphatic carbocycles. The van der Waals surface area contributed by atoms with Crippen molar-refractivity contribution in [2.75, 3.05) is 5.32 Å². The Labute approximate surface area is 129 Å². The number of rotatable bonds is 1. The molecule has 5 nitrogen and oxygen atoms in total. The van der Waals surface area contributed by atoms with E-state index in [2.05, 4.69) is 17.6 Å². The van der Waals surface area contributed by atoms with Crippen molar-refractivity contribution in [3.05, 3.63) is 29.8 Å². The van der Waals surface area contributed by atoms with Crippen molar-refractivity contribution in [3.63, 3.8) is 0 Å². The van der Waals surface area contributed by atoms with Crippen LogP contribution in [0.4, 0.5) is 5.69 Å². The molecule has 5 heteroatoms. The predicted octanol–water partition coefficient (Wildman–Crippen LogP) is 2.45. The minimum Gasteiger partial charge on any atom is -0.481 e. The summed E-state index contributed by atoms with van der Waals surface area (Å²) in [5.74, 6) is -0.914. The zero-order chi connectivity index (χ0) is 15.5. The van der Waals surface area contributed by atoms with E-state index in [1.165, 1.54) is 0 Å². The normalized spacial score (nSPS) is 39.0.